The van der Waals surface area contributed by atoms with Crippen molar-refractivity contribution in [2.75, 3.05) is 41.7 Å². The standard InChI is InChI=1S/C25H28N6O5/c1-16(2)35-21-6-4-5-18(15-21)22(33)27-25-29-28-24(36-25)23(34)26-19-7-9-20(10-8-19)31-13-11-30(12-14-31)17(3)32/h4-10,15-16H,11-14H2,1-3H3,(H,26,34)(H,27,29,33). The van der Waals surface area contributed by atoms with Gasteiger partial charge < -0.3 is 24.3 Å². The molecule has 1 saturated heterocycles. The van der Waals surface area contributed by atoms with E-state index in [2.05, 4.69) is 25.7 Å². The summed E-state index contributed by atoms with van der Waals surface area (Å²) in [4.78, 5) is 40.6. The molecule has 11 nitrogen and oxygen atoms in total. The van der Waals surface area contributed by atoms with E-state index in [-0.39, 0.29) is 23.9 Å². The number of nitrogens with one attached hydrogen (secondary N) is 2. The van der Waals surface area contributed by atoms with Crippen molar-refractivity contribution in [3.8, 4) is 5.75 Å². The summed E-state index contributed by atoms with van der Waals surface area (Å²) >= 11 is 0. The van der Waals surface area contributed by atoms with Gasteiger partial charge in [-0.2, -0.15) is 0 Å². The third kappa shape index (κ3) is 6.17. The number of nitrogens with zero attached hydrogens (tertiary/aromatic N) is 4. The van der Waals surface area contributed by atoms with Gasteiger partial charge in [0.25, 0.3) is 5.91 Å². The van der Waals surface area contributed by atoms with Crippen LogP contribution in [0.3, 0.4) is 0 Å². The zero-order chi connectivity index (χ0) is 25.7. The van der Waals surface area contributed by atoms with Crippen LogP contribution < -0.4 is 20.3 Å². The molecule has 1 aliphatic heterocycles. The Morgan fingerprint density at radius 2 is 1.67 bits per heavy atom. The Morgan fingerprint density at radius 1 is 0.944 bits per heavy atom. The third-order valence-corrected chi connectivity index (χ3v) is 5.52. The van der Waals surface area contributed by atoms with E-state index in [1.54, 1.807) is 43.3 Å². The minimum absolute atomic E-state index is 0.0278. The summed E-state index contributed by atoms with van der Waals surface area (Å²) in [5, 5.41) is 12.6. The average Bonchev–Trinajstić information content (AvgIpc) is 3.33. The van der Waals surface area contributed by atoms with Gasteiger partial charge in [-0.05, 0) is 56.3 Å². The Balaban J connectivity index is 1.32. The molecular weight excluding hydrogens is 464 g/mol. The van der Waals surface area contributed by atoms with Crippen molar-refractivity contribution in [1.82, 2.24) is 15.1 Å². The van der Waals surface area contributed by atoms with Gasteiger partial charge in [-0.3, -0.25) is 19.7 Å². The molecule has 0 radical (unpaired) electrons. The van der Waals surface area contributed by atoms with Crippen LogP contribution in [0, 0.1) is 0 Å². The van der Waals surface area contributed by atoms with E-state index in [9.17, 15) is 14.4 Å². The lowest BCUT2D eigenvalue weighted by molar-refractivity contribution is -0.129. The van der Waals surface area contributed by atoms with Crippen LogP contribution in [0.25, 0.3) is 0 Å². The van der Waals surface area contributed by atoms with Gasteiger partial charge in [0.2, 0.25) is 5.91 Å². The second kappa shape index (κ2) is 10.9. The van der Waals surface area contributed by atoms with Gasteiger partial charge in [0.15, 0.2) is 0 Å². The molecule has 1 fully saturated rings. The van der Waals surface area contributed by atoms with Crippen LogP contribution in [0.5, 0.6) is 5.75 Å². The van der Waals surface area contributed by atoms with E-state index in [1.165, 1.54) is 0 Å². The molecule has 2 N–H and O–H groups in total. The molecule has 36 heavy (non-hydrogen) atoms. The molecule has 0 atom stereocenters. The molecule has 0 bridgehead atoms. The second-order valence-electron chi connectivity index (χ2n) is 8.56. The maximum atomic E-state index is 12.5. The number of benzene rings is 2. The first-order valence-electron chi connectivity index (χ1n) is 11.6. The molecule has 1 aliphatic rings. The van der Waals surface area contributed by atoms with E-state index in [0.29, 0.717) is 30.1 Å². The van der Waals surface area contributed by atoms with Crippen LogP contribution in [-0.4, -0.2) is 65.1 Å². The number of hydrogen-bond acceptors (Lipinski definition) is 8. The minimum Gasteiger partial charge on any atom is -0.491 e. The fourth-order valence-corrected chi connectivity index (χ4v) is 3.74. The molecule has 3 aromatic rings. The summed E-state index contributed by atoms with van der Waals surface area (Å²) in [5.74, 6) is -0.709. The lowest BCUT2D eigenvalue weighted by Gasteiger charge is -2.35. The summed E-state index contributed by atoms with van der Waals surface area (Å²) in [5.41, 5.74) is 1.90. The monoisotopic (exact) mass is 492 g/mol. The second-order valence-corrected chi connectivity index (χ2v) is 8.56. The normalized spacial score (nSPS) is 13.4. The lowest BCUT2D eigenvalue weighted by Crippen LogP contribution is -2.48. The van der Waals surface area contributed by atoms with Crippen LogP contribution in [0.4, 0.5) is 17.4 Å². The van der Waals surface area contributed by atoms with E-state index < -0.39 is 11.8 Å². The van der Waals surface area contributed by atoms with Crippen molar-refractivity contribution in [2.24, 2.45) is 0 Å². The molecule has 2 aromatic carbocycles. The molecule has 1 aromatic heterocycles. The number of carbonyl (C=O) groups excluding carboxylic acids is 3. The van der Waals surface area contributed by atoms with E-state index in [0.717, 1.165) is 18.8 Å². The van der Waals surface area contributed by atoms with E-state index in [1.807, 2.05) is 30.9 Å². The summed E-state index contributed by atoms with van der Waals surface area (Å²) in [6.45, 7) is 8.22. The number of hydrogen-bond donors (Lipinski definition) is 2. The van der Waals surface area contributed by atoms with Crippen LogP contribution in [0.2, 0.25) is 0 Å². The first kappa shape index (κ1) is 24.7. The van der Waals surface area contributed by atoms with Crippen molar-refractivity contribution in [1.29, 1.82) is 0 Å². The van der Waals surface area contributed by atoms with Crippen LogP contribution in [-0.2, 0) is 4.79 Å². The Bertz CT molecular complexity index is 1230. The largest absolute Gasteiger partial charge is 0.491 e. The number of rotatable bonds is 7. The molecule has 0 saturated carbocycles. The number of anilines is 3. The van der Waals surface area contributed by atoms with Crippen molar-refractivity contribution in [2.45, 2.75) is 26.9 Å². The van der Waals surface area contributed by atoms with Gasteiger partial charge >= 0.3 is 17.8 Å². The van der Waals surface area contributed by atoms with Crippen molar-refractivity contribution >= 4 is 35.1 Å². The maximum absolute atomic E-state index is 12.5. The van der Waals surface area contributed by atoms with Gasteiger partial charge in [0.1, 0.15) is 5.75 Å². The fraction of sp³-hybridized carbons (Fsp3) is 0.320. The highest BCUT2D eigenvalue weighted by molar-refractivity contribution is 6.04. The predicted molar refractivity (Wildman–Crippen MR) is 133 cm³/mol. The van der Waals surface area contributed by atoms with Crippen LogP contribution in [0.15, 0.2) is 52.9 Å². The van der Waals surface area contributed by atoms with Crippen LogP contribution in [0.1, 0.15) is 41.8 Å². The number of piperazine rings is 1. The van der Waals surface area contributed by atoms with Gasteiger partial charge in [0, 0.05) is 50.0 Å². The van der Waals surface area contributed by atoms with E-state index in [4.69, 9.17) is 9.15 Å². The van der Waals surface area contributed by atoms with Crippen molar-refractivity contribution in [3.63, 3.8) is 0 Å². The molecule has 4 rings (SSSR count). The third-order valence-electron chi connectivity index (χ3n) is 5.52. The zero-order valence-corrected chi connectivity index (χ0v) is 20.4. The molecule has 188 valence electrons. The molecule has 3 amide bonds. The lowest BCUT2D eigenvalue weighted by atomic mass is 10.2. The van der Waals surface area contributed by atoms with Crippen molar-refractivity contribution < 1.29 is 23.5 Å². The number of ether oxygens (including phenoxy) is 1. The number of carbonyl (C=O) groups is 3. The summed E-state index contributed by atoms with van der Waals surface area (Å²) in [6, 6.07) is 13.8. The first-order valence-corrected chi connectivity index (χ1v) is 11.6. The highest BCUT2D eigenvalue weighted by Crippen LogP contribution is 2.21. The Kier molecular flexibility index (Phi) is 7.47. The number of aromatic nitrogens is 2. The Morgan fingerprint density at radius 3 is 2.33 bits per heavy atom. The molecule has 0 spiro atoms. The average molecular weight is 493 g/mol. The molecule has 0 aliphatic carbocycles. The highest BCUT2D eigenvalue weighted by atomic mass is 16.5. The van der Waals surface area contributed by atoms with Gasteiger partial charge in [-0.1, -0.05) is 11.2 Å². The first-order chi connectivity index (χ1) is 17.3. The molecule has 0 unspecified atom stereocenters. The van der Waals surface area contributed by atoms with Crippen molar-refractivity contribution in [3.05, 3.63) is 60.0 Å². The molecular formula is C25H28N6O5. The topological polar surface area (TPSA) is 130 Å². The summed E-state index contributed by atoms with van der Waals surface area (Å²) in [7, 11) is 0. The maximum Gasteiger partial charge on any atom is 0.322 e. The Hall–Kier alpha value is -4.41. The van der Waals surface area contributed by atoms with Crippen LogP contribution >= 0.6 is 0 Å². The predicted octanol–water partition coefficient (Wildman–Crippen LogP) is 3.03. The SMILES string of the molecule is CC(=O)N1CCN(c2ccc(NC(=O)c3nnc(NC(=O)c4cccc(OC(C)C)c4)o3)cc2)CC1. The summed E-state index contributed by atoms with van der Waals surface area (Å²) in [6.07, 6.45) is -0.0278. The van der Waals surface area contributed by atoms with Gasteiger partial charge in [0.05, 0.1) is 6.10 Å². The highest BCUT2D eigenvalue weighted by Gasteiger charge is 2.20. The Labute approximate surface area is 208 Å². The van der Waals surface area contributed by atoms with Gasteiger partial charge in [-0.15, -0.1) is 5.10 Å². The quantitative estimate of drug-likeness (QED) is 0.515. The smallest absolute Gasteiger partial charge is 0.322 e. The fourth-order valence-electron chi connectivity index (χ4n) is 3.74. The minimum atomic E-state index is -0.599. The number of amides is 3. The van der Waals surface area contributed by atoms with E-state index >= 15 is 0 Å². The van der Waals surface area contributed by atoms with Gasteiger partial charge in [-0.25, -0.2) is 0 Å². The summed E-state index contributed by atoms with van der Waals surface area (Å²) < 4.78 is 10.9. The molecule has 2 heterocycles. The molecule has 11 heteroatoms. The zero-order valence-electron chi connectivity index (χ0n) is 20.4.